The number of aryl methyl sites for hydroxylation is 2. The van der Waals surface area contributed by atoms with Crippen molar-refractivity contribution >= 4 is 43.5 Å². The normalized spacial score (nSPS) is 14.7. The minimum Gasteiger partial charge on any atom is -0.352 e. The molecular weight excluding hydrogens is 602 g/mol. The third-order valence-corrected chi connectivity index (χ3v) is 10.0. The van der Waals surface area contributed by atoms with Gasteiger partial charge in [0.25, 0.3) is 10.0 Å². The monoisotopic (exact) mass is 639 g/mol. The highest BCUT2D eigenvalue weighted by atomic mass is 79.9. The first-order chi connectivity index (χ1) is 19.6. The molecule has 0 saturated heterocycles. The lowest BCUT2D eigenvalue weighted by Crippen LogP contribution is -2.53. The van der Waals surface area contributed by atoms with Gasteiger partial charge in [0.1, 0.15) is 12.6 Å². The predicted octanol–water partition coefficient (Wildman–Crippen LogP) is 6.13. The number of benzene rings is 3. The summed E-state index contributed by atoms with van der Waals surface area (Å²) < 4.78 is 29.8. The Morgan fingerprint density at radius 3 is 2.20 bits per heavy atom. The SMILES string of the molecule is Cc1ccc(S(=O)(=O)N(CC(=O)N(Cc2ccccc2C)[C@H](C)C(=O)NC2CCCCC2)c2ccc(Br)cc2)cc1. The smallest absolute Gasteiger partial charge is 0.264 e. The van der Waals surface area contributed by atoms with Crippen molar-refractivity contribution in [1.82, 2.24) is 10.2 Å². The zero-order valence-electron chi connectivity index (χ0n) is 23.8. The van der Waals surface area contributed by atoms with Crippen LogP contribution in [0.3, 0.4) is 0 Å². The van der Waals surface area contributed by atoms with Crippen LogP contribution in [0.1, 0.15) is 55.7 Å². The van der Waals surface area contributed by atoms with E-state index >= 15 is 0 Å². The van der Waals surface area contributed by atoms with Gasteiger partial charge in [-0.3, -0.25) is 13.9 Å². The van der Waals surface area contributed by atoms with Gasteiger partial charge in [-0.1, -0.05) is 77.2 Å². The van der Waals surface area contributed by atoms with Crippen LogP contribution in [0.4, 0.5) is 5.69 Å². The summed E-state index contributed by atoms with van der Waals surface area (Å²) in [6, 6.07) is 20.4. The van der Waals surface area contributed by atoms with E-state index in [1.807, 2.05) is 38.1 Å². The molecule has 1 aliphatic rings. The van der Waals surface area contributed by atoms with E-state index in [9.17, 15) is 18.0 Å². The van der Waals surface area contributed by atoms with Crippen LogP contribution in [0.2, 0.25) is 0 Å². The molecule has 0 spiro atoms. The van der Waals surface area contributed by atoms with Crippen molar-refractivity contribution in [3.8, 4) is 0 Å². The zero-order chi connectivity index (χ0) is 29.6. The molecule has 41 heavy (non-hydrogen) atoms. The summed E-state index contributed by atoms with van der Waals surface area (Å²) in [4.78, 5) is 29.1. The fourth-order valence-corrected chi connectivity index (χ4v) is 6.77. The second kappa shape index (κ2) is 13.7. The number of halogens is 1. The third-order valence-electron chi connectivity index (χ3n) is 7.72. The molecule has 9 heteroatoms. The number of carbonyl (C=O) groups is 2. The fourth-order valence-electron chi connectivity index (χ4n) is 5.10. The maximum atomic E-state index is 14.1. The molecule has 218 valence electrons. The van der Waals surface area contributed by atoms with Crippen molar-refractivity contribution in [2.45, 2.75) is 76.4 Å². The standard InChI is InChI=1S/C32H38BrN3O4S/c1-23-13-19-30(20-14-23)41(39,40)36(29-17-15-27(33)16-18-29)22-31(37)35(21-26-10-8-7-9-24(26)2)25(3)32(38)34-28-11-5-4-6-12-28/h7-10,13-20,25,28H,4-6,11-12,21-22H2,1-3H3,(H,34,38)/t25-/m1/s1. The maximum absolute atomic E-state index is 14.1. The van der Waals surface area contributed by atoms with Crippen LogP contribution < -0.4 is 9.62 Å². The van der Waals surface area contributed by atoms with Gasteiger partial charge in [0.2, 0.25) is 11.8 Å². The number of anilines is 1. The molecule has 3 aromatic rings. The van der Waals surface area contributed by atoms with Gasteiger partial charge in [-0.05, 0) is 81.1 Å². The van der Waals surface area contributed by atoms with Crippen molar-refractivity contribution in [2.75, 3.05) is 10.8 Å². The topological polar surface area (TPSA) is 86.8 Å². The number of amides is 2. The van der Waals surface area contributed by atoms with E-state index in [0.29, 0.717) is 5.69 Å². The summed E-state index contributed by atoms with van der Waals surface area (Å²) in [5.74, 6) is -0.687. The Hall–Kier alpha value is -3.17. The van der Waals surface area contributed by atoms with Gasteiger partial charge < -0.3 is 10.2 Å². The Bertz CT molecular complexity index is 1450. The Kier molecular flexibility index (Phi) is 10.3. The number of nitrogens with one attached hydrogen (secondary N) is 1. The van der Waals surface area contributed by atoms with E-state index in [1.54, 1.807) is 55.5 Å². The summed E-state index contributed by atoms with van der Waals surface area (Å²) in [6.07, 6.45) is 5.17. The van der Waals surface area contributed by atoms with E-state index < -0.39 is 28.5 Å². The van der Waals surface area contributed by atoms with Gasteiger partial charge in [-0.25, -0.2) is 8.42 Å². The molecule has 1 atom stereocenters. The summed E-state index contributed by atoms with van der Waals surface area (Å²) >= 11 is 3.40. The Morgan fingerprint density at radius 2 is 1.56 bits per heavy atom. The van der Waals surface area contributed by atoms with Crippen LogP contribution >= 0.6 is 15.9 Å². The first-order valence-electron chi connectivity index (χ1n) is 14.1. The number of hydrogen-bond donors (Lipinski definition) is 1. The number of sulfonamides is 1. The lowest BCUT2D eigenvalue weighted by Gasteiger charge is -2.33. The first-order valence-corrected chi connectivity index (χ1v) is 16.3. The molecule has 2 amide bonds. The second-order valence-electron chi connectivity index (χ2n) is 10.8. The minimum atomic E-state index is -4.09. The Labute approximate surface area is 252 Å². The van der Waals surface area contributed by atoms with Crippen LogP contribution in [0, 0.1) is 13.8 Å². The third kappa shape index (κ3) is 7.77. The molecule has 7 nitrogen and oxygen atoms in total. The van der Waals surface area contributed by atoms with Crippen LogP contribution in [0.25, 0.3) is 0 Å². The zero-order valence-corrected chi connectivity index (χ0v) is 26.2. The van der Waals surface area contributed by atoms with Crippen LogP contribution in [0.5, 0.6) is 0 Å². The average Bonchev–Trinajstić information content (AvgIpc) is 2.96. The molecular formula is C32H38BrN3O4S. The van der Waals surface area contributed by atoms with Crippen LogP contribution in [-0.2, 0) is 26.2 Å². The number of hydrogen-bond acceptors (Lipinski definition) is 4. The van der Waals surface area contributed by atoms with Gasteiger partial charge in [-0.15, -0.1) is 0 Å². The second-order valence-corrected chi connectivity index (χ2v) is 13.5. The molecule has 4 rings (SSSR count). The highest BCUT2D eigenvalue weighted by Crippen LogP contribution is 2.27. The molecule has 0 bridgehead atoms. The summed E-state index contributed by atoms with van der Waals surface area (Å²) in [5, 5.41) is 3.14. The molecule has 3 aromatic carbocycles. The lowest BCUT2D eigenvalue weighted by molar-refractivity contribution is -0.139. The van der Waals surface area contributed by atoms with Gasteiger partial charge in [0.15, 0.2) is 0 Å². The van der Waals surface area contributed by atoms with Crippen molar-refractivity contribution in [2.24, 2.45) is 0 Å². The van der Waals surface area contributed by atoms with E-state index in [2.05, 4.69) is 21.2 Å². The molecule has 0 unspecified atom stereocenters. The molecule has 1 saturated carbocycles. The summed E-state index contributed by atoms with van der Waals surface area (Å²) in [6.45, 7) is 5.29. The van der Waals surface area contributed by atoms with E-state index in [-0.39, 0.29) is 23.4 Å². The van der Waals surface area contributed by atoms with Crippen molar-refractivity contribution < 1.29 is 18.0 Å². The summed E-state index contributed by atoms with van der Waals surface area (Å²) in [5.41, 5.74) is 3.17. The number of nitrogens with zero attached hydrogens (tertiary/aromatic N) is 2. The summed E-state index contributed by atoms with van der Waals surface area (Å²) in [7, 11) is -4.09. The highest BCUT2D eigenvalue weighted by molar-refractivity contribution is 9.10. The Morgan fingerprint density at radius 1 is 0.927 bits per heavy atom. The average molecular weight is 641 g/mol. The minimum absolute atomic E-state index is 0.0902. The van der Waals surface area contributed by atoms with Crippen molar-refractivity contribution in [3.05, 3.63) is 94.0 Å². The highest BCUT2D eigenvalue weighted by Gasteiger charge is 2.33. The Balaban J connectivity index is 1.68. The molecule has 1 fully saturated rings. The van der Waals surface area contributed by atoms with Gasteiger partial charge >= 0.3 is 0 Å². The van der Waals surface area contributed by atoms with E-state index in [4.69, 9.17) is 0 Å². The molecule has 1 N–H and O–H groups in total. The van der Waals surface area contributed by atoms with E-state index in [0.717, 1.165) is 51.2 Å². The number of carbonyl (C=O) groups excluding carboxylic acids is 2. The lowest BCUT2D eigenvalue weighted by atomic mass is 9.95. The van der Waals surface area contributed by atoms with Crippen molar-refractivity contribution in [1.29, 1.82) is 0 Å². The molecule has 0 radical (unpaired) electrons. The fraction of sp³-hybridized carbons (Fsp3) is 0.375. The quantitative estimate of drug-likeness (QED) is 0.289. The molecule has 1 aliphatic carbocycles. The van der Waals surface area contributed by atoms with Gasteiger partial charge in [0, 0.05) is 17.1 Å². The van der Waals surface area contributed by atoms with Crippen molar-refractivity contribution in [3.63, 3.8) is 0 Å². The molecule has 0 aromatic heterocycles. The molecule has 0 heterocycles. The predicted molar refractivity (Wildman–Crippen MR) is 166 cm³/mol. The van der Waals surface area contributed by atoms with E-state index in [1.165, 1.54) is 11.3 Å². The van der Waals surface area contributed by atoms with Gasteiger partial charge in [0.05, 0.1) is 10.6 Å². The molecule has 0 aliphatic heterocycles. The van der Waals surface area contributed by atoms with Crippen LogP contribution in [0.15, 0.2) is 82.2 Å². The van der Waals surface area contributed by atoms with Gasteiger partial charge in [-0.2, -0.15) is 0 Å². The number of rotatable bonds is 10. The van der Waals surface area contributed by atoms with Crippen LogP contribution in [-0.4, -0.2) is 43.8 Å². The first kappa shape index (κ1) is 30.8. The largest absolute Gasteiger partial charge is 0.352 e. The maximum Gasteiger partial charge on any atom is 0.264 e.